The highest BCUT2D eigenvalue weighted by Gasteiger charge is 1.97. The highest BCUT2D eigenvalue weighted by Crippen LogP contribution is 1.90. The fourth-order valence-electron chi connectivity index (χ4n) is 0.805. The van der Waals surface area contributed by atoms with Gasteiger partial charge < -0.3 is 15.2 Å². The van der Waals surface area contributed by atoms with Crippen LogP contribution in [0.4, 0.5) is 0 Å². The zero-order valence-corrected chi connectivity index (χ0v) is 9.38. The lowest BCUT2D eigenvalue weighted by atomic mass is 10.3. The maximum absolute atomic E-state index is 10.4. The number of rotatable bonds is 8. The van der Waals surface area contributed by atoms with E-state index in [0.717, 1.165) is 5.57 Å². The summed E-state index contributed by atoms with van der Waals surface area (Å²) in [7, 11) is 0. The minimum atomic E-state index is -0.879. The van der Waals surface area contributed by atoms with E-state index in [1.165, 1.54) is 0 Å². The molecule has 86 valence electrons. The van der Waals surface area contributed by atoms with Crippen molar-refractivity contribution in [3.63, 3.8) is 0 Å². The standard InChI is InChI=1S/C11H19NO3/c1-9(2)8-15-7-6-12-5-4-10(3)11(13)14/h4,12H,1,5-8H2,2-3H3,(H,13,14)/b10-4-. The monoisotopic (exact) mass is 213 g/mol. The second kappa shape index (κ2) is 8.20. The van der Waals surface area contributed by atoms with E-state index in [0.29, 0.717) is 31.9 Å². The van der Waals surface area contributed by atoms with Gasteiger partial charge in [0.05, 0.1) is 13.2 Å². The molecule has 0 aromatic rings. The van der Waals surface area contributed by atoms with Crippen LogP contribution in [-0.2, 0) is 9.53 Å². The van der Waals surface area contributed by atoms with Crippen LogP contribution in [0, 0.1) is 0 Å². The number of nitrogens with one attached hydrogen (secondary N) is 1. The van der Waals surface area contributed by atoms with Crippen molar-refractivity contribution in [2.75, 3.05) is 26.3 Å². The summed E-state index contributed by atoms with van der Waals surface area (Å²) in [6.45, 7) is 9.63. The Kier molecular flexibility index (Phi) is 7.58. The lowest BCUT2D eigenvalue weighted by molar-refractivity contribution is -0.132. The maximum atomic E-state index is 10.4. The Morgan fingerprint density at radius 1 is 1.53 bits per heavy atom. The van der Waals surface area contributed by atoms with Crippen LogP contribution < -0.4 is 5.32 Å². The molecule has 0 spiro atoms. The number of carboxylic acid groups (broad SMARTS) is 1. The summed E-state index contributed by atoms with van der Waals surface area (Å²) in [5.41, 5.74) is 1.35. The first-order valence-corrected chi connectivity index (χ1v) is 4.87. The molecule has 0 aliphatic rings. The Hall–Kier alpha value is -1.13. The van der Waals surface area contributed by atoms with Crippen LogP contribution in [0.1, 0.15) is 13.8 Å². The van der Waals surface area contributed by atoms with Gasteiger partial charge in [0.15, 0.2) is 0 Å². The van der Waals surface area contributed by atoms with Gasteiger partial charge in [0.1, 0.15) is 0 Å². The Morgan fingerprint density at radius 3 is 2.73 bits per heavy atom. The van der Waals surface area contributed by atoms with Crippen LogP contribution in [0.5, 0.6) is 0 Å². The van der Waals surface area contributed by atoms with Crippen LogP contribution in [-0.4, -0.2) is 37.4 Å². The largest absolute Gasteiger partial charge is 0.478 e. The van der Waals surface area contributed by atoms with Crippen LogP contribution in [0.25, 0.3) is 0 Å². The van der Waals surface area contributed by atoms with Gasteiger partial charge in [-0.2, -0.15) is 0 Å². The molecule has 0 aliphatic carbocycles. The summed E-state index contributed by atoms with van der Waals surface area (Å²) < 4.78 is 5.25. The molecule has 0 atom stereocenters. The van der Waals surface area contributed by atoms with Crippen molar-refractivity contribution in [2.24, 2.45) is 0 Å². The van der Waals surface area contributed by atoms with Crippen molar-refractivity contribution in [2.45, 2.75) is 13.8 Å². The number of hydrogen-bond donors (Lipinski definition) is 2. The molecule has 0 aromatic heterocycles. The molecule has 0 fully saturated rings. The van der Waals surface area contributed by atoms with Crippen molar-refractivity contribution in [1.82, 2.24) is 5.32 Å². The van der Waals surface area contributed by atoms with Gasteiger partial charge in [0.25, 0.3) is 0 Å². The van der Waals surface area contributed by atoms with Gasteiger partial charge in [-0.05, 0) is 13.8 Å². The summed E-state index contributed by atoms with van der Waals surface area (Å²) in [6.07, 6.45) is 1.64. The fraction of sp³-hybridized carbons (Fsp3) is 0.545. The number of carbonyl (C=O) groups is 1. The van der Waals surface area contributed by atoms with E-state index < -0.39 is 5.97 Å². The van der Waals surface area contributed by atoms with Gasteiger partial charge in [0, 0.05) is 18.7 Å². The lowest BCUT2D eigenvalue weighted by Gasteiger charge is -2.04. The van der Waals surface area contributed by atoms with Crippen LogP contribution in [0.15, 0.2) is 23.8 Å². The zero-order chi connectivity index (χ0) is 11.7. The van der Waals surface area contributed by atoms with Crippen molar-refractivity contribution >= 4 is 5.97 Å². The van der Waals surface area contributed by atoms with Crippen molar-refractivity contribution < 1.29 is 14.6 Å². The Balaban J connectivity index is 3.36. The highest BCUT2D eigenvalue weighted by molar-refractivity contribution is 5.85. The molecule has 0 saturated carbocycles. The molecule has 0 unspecified atom stereocenters. The van der Waals surface area contributed by atoms with E-state index in [9.17, 15) is 4.79 Å². The summed E-state index contributed by atoms with van der Waals surface area (Å²) in [4.78, 5) is 10.4. The molecule has 0 amide bonds. The van der Waals surface area contributed by atoms with E-state index in [1.807, 2.05) is 6.92 Å². The summed E-state index contributed by atoms with van der Waals surface area (Å²) in [5, 5.41) is 11.6. The molecule has 4 nitrogen and oxygen atoms in total. The van der Waals surface area contributed by atoms with Crippen LogP contribution in [0.3, 0.4) is 0 Å². The first-order chi connectivity index (χ1) is 7.04. The van der Waals surface area contributed by atoms with Gasteiger partial charge in [-0.15, -0.1) is 0 Å². The van der Waals surface area contributed by atoms with E-state index in [4.69, 9.17) is 9.84 Å². The molecule has 0 rings (SSSR count). The minimum Gasteiger partial charge on any atom is -0.478 e. The molecular weight excluding hydrogens is 194 g/mol. The Morgan fingerprint density at radius 2 is 2.20 bits per heavy atom. The molecule has 0 heterocycles. The van der Waals surface area contributed by atoms with Crippen molar-refractivity contribution in [3.05, 3.63) is 23.8 Å². The summed E-state index contributed by atoms with van der Waals surface area (Å²) in [5.74, 6) is -0.879. The third-order valence-corrected chi connectivity index (χ3v) is 1.66. The summed E-state index contributed by atoms with van der Waals surface area (Å²) in [6, 6.07) is 0. The second-order valence-corrected chi connectivity index (χ2v) is 3.41. The Bertz CT molecular complexity index is 246. The average Bonchev–Trinajstić information content (AvgIpc) is 2.15. The molecule has 0 bridgehead atoms. The van der Waals surface area contributed by atoms with Gasteiger partial charge in [0.2, 0.25) is 0 Å². The normalized spacial score (nSPS) is 11.5. The lowest BCUT2D eigenvalue weighted by Crippen LogP contribution is -2.20. The first kappa shape index (κ1) is 13.9. The molecular formula is C11H19NO3. The second-order valence-electron chi connectivity index (χ2n) is 3.41. The predicted molar refractivity (Wildman–Crippen MR) is 59.9 cm³/mol. The molecule has 0 radical (unpaired) electrons. The topological polar surface area (TPSA) is 58.6 Å². The molecule has 15 heavy (non-hydrogen) atoms. The molecule has 0 aliphatic heterocycles. The summed E-state index contributed by atoms with van der Waals surface area (Å²) >= 11 is 0. The van der Waals surface area contributed by atoms with Crippen molar-refractivity contribution in [3.8, 4) is 0 Å². The third kappa shape index (κ3) is 9.18. The number of aliphatic carboxylic acids is 1. The Labute approximate surface area is 90.6 Å². The molecule has 0 saturated heterocycles. The number of hydrogen-bond acceptors (Lipinski definition) is 3. The average molecular weight is 213 g/mol. The SMILES string of the molecule is C=C(C)COCCNC/C=C(/C)C(=O)O. The highest BCUT2D eigenvalue weighted by atomic mass is 16.5. The van der Waals surface area contributed by atoms with Gasteiger partial charge in [-0.1, -0.05) is 18.2 Å². The third-order valence-electron chi connectivity index (χ3n) is 1.66. The van der Waals surface area contributed by atoms with Gasteiger partial charge >= 0.3 is 5.97 Å². The van der Waals surface area contributed by atoms with Gasteiger partial charge in [-0.25, -0.2) is 4.79 Å². The van der Waals surface area contributed by atoms with E-state index >= 15 is 0 Å². The van der Waals surface area contributed by atoms with Gasteiger partial charge in [-0.3, -0.25) is 0 Å². The fourth-order valence-corrected chi connectivity index (χ4v) is 0.805. The first-order valence-electron chi connectivity index (χ1n) is 4.87. The quantitative estimate of drug-likeness (QED) is 0.361. The maximum Gasteiger partial charge on any atom is 0.330 e. The zero-order valence-electron chi connectivity index (χ0n) is 9.38. The van der Waals surface area contributed by atoms with Crippen LogP contribution in [0.2, 0.25) is 0 Å². The van der Waals surface area contributed by atoms with Crippen LogP contribution >= 0.6 is 0 Å². The smallest absolute Gasteiger partial charge is 0.330 e. The number of carboxylic acids is 1. The number of ether oxygens (including phenoxy) is 1. The van der Waals surface area contributed by atoms with E-state index in [2.05, 4.69) is 11.9 Å². The van der Waals surface area contributed by atoms with E-state index in [1.54, 1.807) is 13.0 Å². The molecule has 0 aromatic carbocycles. The van der Waals surface area contributed by atoms with Crippen molar-refractivity contribution in [1.29, 1.82) is 0 Å². The van der Waals surface area contributed by atoms with E-state index in [-0.39, 0.29) is 0 Å². The molecule has 4 heteroatoms. The predicted octanol–water partition coefficient (Wildman–Crippen LogP) is 1.20. The molecule has 2 N–H and O–H groups in total. The minimum absolute atomic E-state index is 0.352.